The minimum Gasteiger partial charge on any atom is -0.462 e. The zero-order chi connectivity index (χ0) is 30.5. The van der Waals surface area contributed by atoms with Crippen molar-refractivity contribution in [3.05, 3.63) is 92.4 Å². The third-order valence-corrected chi connectivity index (χ3v) is 9.35. The highest BCUT2D eigenvalue weighted by molar-refractivity contribution is 7.99. The summed E-state index contributed by atoms with van der Waals surface area (Å²) in [6.45, 7) is 5.27. The van der Waals surface area contributed by atoms with Gasteiger partial charge in [-0.05, 0) is 44.0 Å². The molecule has 0 saturated heterocycles. The number of carbonyl (C=O) groups is 3. The van der Waals surface area contributed by atoms with Crippen molar-refractivity contribution >= 4 is 67.5 Å². The van der Waals surface area contributed by atoms with Crippen LogP contribution >= 0.6 is 34.4 Å². The number of carbonyl (C=O) groups excluding carboxylic acids is 3. The van der Waals surface area contributed by atoms with Gasteiger partial charge < -0.3 is 14.8 Å². The van der Waals surface area contributed by atoms with Crippen molar-refractivity contribution < 1.29 is 23.9 Å². The van der Waals surface area contributed by atoms with Gasteiger partial charge in [-0.3, -0.25) is 14.2 Å². The summed E-state index contributed by atoms with van der Waals surface area (Å²) in [4.78, 5) is 58.0. The van der Waals surface area contributed by atoms with Crippen molar-refractivity contribution in [1.82, 2.24) is 9.55 Å². The zero-order valence-electron chi connectivity index (χ0n) is 23.5. The lowest BCUT2D eigenvalue weighted by molar-refractivity contribution is -0.113. The van der Waals surface area contributed by atoms with Gasteiger partial charge in [0, 0.05) is 10.9 Å². The molecule has 0 fully saturated rings. The summed E-state index contributed by atoms with van der Waals surface area (Å²) >= 11 is 3.42. The number of nitrogens with zero attached hydrogens (tertiary/aromatic N) is 2. The highest BCUT2D eigenvalue weighted by Crippen LogP contribution is 2.35. The van der Waals surface area contributed by atoms with E-state index in [9.17, 15) is 19.2 Å². The molecule has 3 heterocycles. The van der Waals surface area contributed by atoms with Gasteiger partial charge in [0.1, 0.15) is 14.7 Å². The Morgan fingerprint density at radius 1 is 0.953 bits per heavy atom. The largest absolute Gasteiger partial charge is 0.462 e. The standard InChI is InChI=1S/C31H27N3O6S3/c1-4-39-29(37)23-18(3)25(30(38)40-5-2)43-27(23)32-22(35)17-42-31-33-26-24(21(16-41-26)19-12-8-6-9-13-19)28(36)34(31)20-14-10-7-11-15-20/h6-16H,4-5,17H2,1-3H3,(H,32,35). The van der Waals surface area contributed by atoms with Crippen LogP contribution in [0.1, 0.15) is 39.4 Å². The van der Waals surface area contributed by atoms with Gasteiger partial charge in [0.15, 0.2) is 5.16 Å². The van der Waals surface area contributed by atoms with Crippen molar-refractivity contribution in [1.29, 1.82) is 0 Å². The summed E-state index contributed by atoms with van der Waals surface area (Å²) in [7, 11) is 0. The number of nitrogens with one attached hydrogen (secondary N) is 1. The molecule has 0 spiro atoms. The van der Waals surface area contributed by atoms with Crippen LogP contribution in [0, 0.1) is 6.92 Å². The molecule has 0 radical (unpaired) electrons. The van der Waals surface area contributed by atoms with Gasteiger partial charge in [-0.25, -0.2) is 14.6 Å². The molecule has 2 aromatic carbocycles. The number of hydrogen-bond acceptors (Lipinski definition) is 10. The molecule has 5 aromatic rings. The van der Waals surface area contributed by atoms with E-state index in [4.69, 9.17) is 14.5 Å². The molecule has 0 atom stereocenters. The number of aromatic nitrogens is 2. The van der Waals surface area contributed by atoms with E-state index in [0.717, 1.165) is 34.2 Å². The van der Waals surface area contributed by atoms with Crippen molar-refractivity contribution in [2.45, 2.75) is 25.9 Å². The Balaban J connectivity index is 1.48. The zero-order valence-corrected chi connectivity index (χ0v) is 26.0. The Bertz CT molecular complexity index is 1860. The van der Waals surface area contributed by atoms with Crippen LogP contribution < -0.4 is 10.9 Å². The number of para-hydroxylation sites is 1. The predicted molar refractivity (Wildman–Crippen MR) is 171 cm³/mol. The SMILES string of the molecule is CCOC(=O)c1sc(NC(=O)CSc2nc3scc(-c4ccccc4)c3c(=O)n2-c2ccccc2)c(C(=O)OCC)c1C. The van der Waals surface area contributed by atoms with E-state index in [1.165, 1.54) is 15.9 Å². The molecule has 0 aliphatic heterocycles. The summed E-state index contributed by atoms with van der Waals surface area (Å²) in [5, 5.41) is 5.72. The number of fused-ring (bicyclic) bond motifs is 1. The number of rotatable bonds is 10. The highest BCUT2D eigenvalue weighted by atomic mass is 32.2. The van der Waals surface area contributed by atoms with Gasteiger partial charge in [0.2, 0.25) is 5.91 Å². The van der Waals surface area contributed by atoms with Gasteiger partial charge in [-0.1, -0.05) is 60.3 Å². The first-order chi connectivity index (χ1) is 20.8. The molecule has 5 rings (SSSR count). The smallest absolute Gasteiger partial charge is 0.348 e. The minimum atomic E-state index is -0.647. The van der Waals surface area contributed by atoms with E-state index in [2.05, 4.69) is 5.32 Å². The fourth-order valence-electron chi connectivity index (χ4n) is 4.44. The number of esters is 2. The van der Waals surface area contributed by atoms with Crippen molar-refractivity contribution in [3.8, 4) is 16.8 Å². The van der Waals surface area contributed by atoms with E-state index in [-0.39, 0.29) is 40.0 Å². The second-order valence-corrected chi connectivity index (χ2v) is 11.9. The van der Waals surface area contributed by atoms with E-state index in [1.807, 2.05) is 66.0 Å². The maximum absolute atomic E-state index is 14.0. The third kappa shape index (κ3) is 6.26. The van der Waals surface area contributed by atoms with Crippen LogP contribution in [0.15, 0.2) is 76.0 Å². The normalized spacial score (nSPS) is 11.0. The first kappa shape index (κ1) is 30.2. The molecule has 1 N–H and O–H groups in total. The topological polar surface area (TPSA) is 117 Å². The molecule has 0 unspecified atom stereocenters. The van der Waals surface area contributed by atoms with E-state index >= 15 is 0 Å². The van der Waals surface area contributed by atoms with Crippen molar-refractivity contribution in [3.63, 3.8) is 0 Å². The molecule has 12 heteroatoms. The van der Waals surface area contributed by atoms with Gasteiger partial charge in [-0.2, -0.15) is 0 Å². The Morgan fingerprint density at radius 2 is 1.60 bits per heavy atom. The van der Waals surface area contributed by atoms with E-state index in [0.29, 0.717) is 26.6 Å². The number of thiophene rings is 2. The van der Waals surface area contributed by atoms with Crippen LogP contribution in [0.3, 0.4) is 0 Å². The van der Waals surface area contributed by atoms with Crippen LogP contribution in [0.2, 0.25) is 0 Å². The summed E-state index contributed by atoms with van der Waals surface area (Å²) < 4.78 is 11.8. The second-order valence-electron chi connectivity index (χ2n) is 9.10. The van der Waals surface area contributed by atoms with Crippen LogP contribution in [0.5, 0.6) is 0 Å². The Kier molecular flexibility index (Phi) is 9.39. The quantitative estimate of drug-likeness (QED) is 0.104. The van der Waals surface area contributed by atoms with Crippen LogP contribution in [-0.4, -0.2) is 46.4 Å². The summed E-state index contributed by atoms with van der Waals surface area (Å²) in [6.07, 6.45) is 0. The first-order valence-electron chi connectivity index (χ1n) is 13.4. The molecule has 3 aromatic heterocycles. The van der Waals surface area contributed by atoms with Crippen LogP contribution in [0.25, 0.3) is 27.0 Å². The first-order valence-corrected chi connectivity index (χ1v) is 16.1. The lowest BCUT2D eigenvalue weighted by Crippen LogP contribution is -2.23. The monoisotopic (exact) mass is 633 g/mol. The minimum absolute atomic E-state index is 0.112. The number of ether oxygens (including phenoxy) is 2. The van der Waals surface area contributed by atoms with Gasteiger partial charge in [0.05, 0.1) is 35.6 Å². The fraction of sp³-hybridized carbons (Fsp3) is 0.194. The van der Waals surface area contributed by atoms with Crippen molar-refractivity contribution in [2.75, 3.05) is 24.3 Å². The summed E-state index contributed by atoms with van der Waals surface area (Å²) in [5.74, 6) is -1.79. The number of anilines is 1. The second kappa shape index (κ2) is 13.4. The lowest BCUT2D eigenvalue weighted by Gasteiger charge is -2.13. The van der Waals surface area contributed by atoms with E-state index < -0.39 is 17.8 Å². The summed E-state index contributed by atoms with van der Waals surface area (Å²) in [5.41, 5.74) is 2.58. The molecule has 1 amide bonds. The molecular formula is C31H27N3O6S3. The Labute approximate surface area is 259 Å². The number of amides is 1. The fourth-order valence-corrected chi connectivity index (χ4v) is 7.34. The molecular weight excluding hydrogens is 607 g/mol. The van der Waals surface area contributed by atoms with Crippen LogP contribution in [0.4, 0.5) is 5.00 Å². The van der Waals surface area contributed by atoms with Gasteiger partial charge in [-0.15, -0.1) is 22.7 Å². The van der Waals surface area contributed by atoms with E-state index in [1.54, 1.807) is 20.8 Å². The Hall–Kier alpha value is -4.26. The number of thioether (sulfide) groups is 1. The maximum atomic E-state index is 14.0. The average Bonchev–Trinajstić information content (AvgIpc) is 3.58. The highest BCUT2D eigenvalue weighted by Gasteiger charge is 2.27. The number of hydrogen-bond donors (Lipinski definition) is 1. The lowest BCUT2D eigenvalue weighted by atomic mass is 10.1. The molecule has 0 saturated carbocycles. The average molecular weight is 634 g/mol. The third-order valence-electron chi connectivity index (χ3n) is 6.35. The van der Waals surface area contributed by atoms with Crippen LogP contribution in [-0.2, 0) is 14.3 Å². The molecule has 0 aliphatic carbocycles. The molecule has 0 aliphatic rings. The van der Waals surface area contributed by atoms with Gasteiger partial charge in [0.25, 0.3) is 5.56 Å². The van der Waals surface area contributed by atoms with Gasteiger partial charge >= 0.3 is 11.9 Å². The molecule has 9 nitrogen and oxygen atoms in total. The van der Waals surface area contributed by atoms with Crippen molar-refractivity contribution in [2.24, 2.45) is 0 Å². The predicted octanol–water partition coefficient (Wildman–Crippen LogP) is 6.57. The molecule has 43 heavy (non-hydrogen) atoms. The molecule has 0 bridgehead atoms. The number of benzene rings is 2. The molecule has 220 valence electrons. The summed E-state index contributed by atoms with van der Waals surface area (Å²) in [6, 6.07) is 18.8. The Morgan fingerprint density at radius 3 is 2.28 bits per heavy atom. The maximum Gasteiger partial charge on any atom is 0.348 e.